The van der Waals surface area contributed by atoms with E-state index in [4.69, 9.17) is 9.47 Å². The van der Waals surface area contributed by atoms with E-state index in [1.165, 1.54) is 14.2 Å². The molecule has 0 aromatic heterocycles. The average Bonchev–Trinajstić information content (AvgIpc) is 2.45. The lowest BCUT2D eigenvalue weighted by molar-refractivity contribution is -0.165. The molecule has 0 spiro atoms. The lowest BCUT2D eigenvalue weighted by Crippen LogP contribution is -2.36. The molecule has 0 aliphatic carbocycles. The maximum absolute atomic E-state index is 12.1. The van der Waals surface area contributed by atoms with Crippen LogP contribution in [0.2, 0.25) is 0 Å². The van der Waals surface area contributed by atoms with Gasteiger partial charge in [-0.15, -0.1) is 0 Å². The average molecular weight is 258 g/mol. The van der Waals surface area contributed by atoms with Crippen LogP contribution in [0.4, 0.5) is 0 Å². The van der Waals surface area contributed by atoms with Crippen LogP contribution in [0.3, 0.4) is 0 Å². The molecule has 3 heteroatoms. The van der Waals surface area contributed by atoms with Crippen molar-refractivity contribution in [2.24, 2.45) is 0 Å². The number of aryl methyl sites for hydroxylation is 1. The van der Waals surface area contributed by atoms with Crippen molar-refractivity contribution in [3.05, 3.63) is 47.5 Å². The number of carbonyl (C=O) groups excluding carboxylic acids is 1. The lowest BCUT2D eigenvalue weighted by atomic mass is 9.87. The second-order valence-corrected chi connectivity index (χ2v) is 4.71. The minimum absolute atomic E-state index is 0.394. The number of carbonyl (C=O) groups is 1. The Kier molecular flexibility index (Phi) is 3.58. The van der Waals surface area contributed by atoms with Crippen LogP contribution in [0.25, 0.3) is 10.8 Å². The Labute approximate surface area is 113 Å². The van der Waals surface area contributed by atoms with E-state index in [1.54, 1.807) is 6.92 Å². The van der Waals surface area contributed by atoms with E-state index in [-0.39, 0.29) is 0 Å². The highest BCUT2D eigenvalue weighted by atomic mass is 16.6. The molecule has 2 aromatic carbocycles. The maximum atomic E-state index is 12.1. The third kappa shape index (κ3) is 2.10. The van der Waals surface area contributed by atoms with Gasteiger partial charge in [0.25, 0.3) is 0 Å². The van der Waals surface area contributed by atoms with E-state index >= 15 is 0 Å². The lowest BCUT2D eigenvalue weighted by Gasteiger charge is -2.28. The second kappa shape index (κ2) is 5.02. The van der Waals surface area contributed by atoms with Gasteiger partial charge in [-0.05, 0) is 30.2 Å². The monoisotopic (exact) mass is 258 g/mol. The predicted octanol–water partition coefficient (Wildman–Crippen LogP) is 3.18. The van der Waals surface area contributed by atoms with Gasteiger partial charge < -0.3 is 9.47 Å². The fraction of sp³-hybridized carbons (Fsp3) is 0.312. The van der Waals surface area contributed by atoms with Crippen LogP contribution in [0.5, 0.6) is 0 Å². The van der Waals surface area contributed by atoms with Gasteiger partial charge in [-0.1, -0.05) is 36.4 Å². The summed E-state index contributed by atoms with van der Waals surface area (Å²) < 4.78 is 10.4. The van der Waals surface area contributed by atoms with E-state index in [0.29, 0.717) is 0 Å². The van der Waals surface area contributed by atoms with Crippen molar-refractivity contribution in [3.63, 3.8) is 0 Å². The summed E-state index contributed by atoms with van der Waals surface area (Å²) in [5.41, 5.74) is 0.771. The Hall–Kier alpha value is -1.87. The van der Waals surface area contributed by atoms with Crippen molar-refractivity contribution in [1.82, 2.24) is 0 Å². The smallest absolute Gasteiger partial charge is 0.342 e. The van der Waals surface area contributed by atoms with E-state index < -0.39 is 11.6 Å². The number of hydrogen-bond acceptors (Lipinski definition) is 3. The molecule has 0 radical (unpaired) electrons. The highest BCUT2D eigenvalue weighted by Crippen LogP contribution is 2.35. The van der Waals surface area contributed by atoms with Gasteiger partial charge in [0.05, 0.1) is 7.11 Å². The zero-order valence-corrected chi connectivity index (χ0v) is 11.7. The number of fused-ring (bicyclic) bond motifs is 1. The zero-order chi connectivity index (χ0) is 14.0. The number of methoxy groups -OCH3 is 2. The Balaban J connectivity index is 2.79. The van der Waals surface area contributed by atoms with E-state index in [2.05, 4.69) is 0 Å². The standard InChI is InChI=1S/C16H18O3/c1-11-9-10-12-7-5-6-8-13(12)14(11)16(2,19-4)15(17)18-3/h5-10H,1-4H3. The van der Waals surface area contributed by atoms with Gasteiger partial charge in [-0.25, -0.2) is 4.79 Å². The van der Waals surface area contributed by atoms with Crippen molar-refractivity contribution in [2.75, 3.05) is 14.2 Å². The zero-order valence-electron chi connectivity index (χ0n) is 11.7. The molecule has 0 saturated heterocycles. The summed E-state index contributed by atoms with van der Waals surface area (Å²) in [6.07, 6.45) is 0. The first kappa shape index (κ1) is 13.6. The van der Waals surface area contributed by atoms with Gasteiger partial charge in [0.15, 0.2) is 5.60 Å². The quantitative estimate of drug-likeness (QED) is 0.793. The first-order valence-electron chi connectivity index (χ1n) is 6.17. The Morgan fingerprint density at radius 1 is 1.11 bits per heavy atom. The molecule has 1 atom stereocenters. The molecule has 0 aliphatic rings. The Bertz CT molecular complexity index is 618. The molecular weight excluding hydrogens is 240 g/mol. The van der Waals surface area contributed by atoms with Gasteiger partial charge in [0.1, 0.15) is 0 Å². The highest BCUT2D eigenvalue weighted by Gasteiger charge is 2.39. The summed E-state index contributed by atoms with van der Waals surface area (Å²) >= 11 is 0. The van der Waals surface area contributed by atoms with Gasteiger partial charge >= 0.3 is 5.97 Å². The van der Waals surface area contributed by atoms with E-state index in [1.807, 2.05) is 43.3 Å². The molecule has 0 fully saturated rings. The van der Waals surface area contributed by atoms with Crippen molar-refractivity contribution >= 4 is 16.7 Å². The maximum Gasteiger partial charge on any atom is 0.342 e. The van der Waals surface area contributed by atoms with Crippen LogP contribution < -0.4 is 0 Å². The Morgan fingerprint density at radius 2 is 1.79 bits per heavy atom. The van der Waals surface area contributed by atoms with Gasteiger partial charge in [-0.3, -0.25) is 0 Å². The molecule has 2 aromatic rings. The molecular formula is C16H18O3. The third-order valence-electron chi connectivity index (χ3n) is 3.60. The van der Waals surface area contributed by atoms with Crippen LogP contribution in [0.15, 0.2) is 36.4 Å². The molecule has 2 rings (SSSR count). The van der Waals surface area contributed by atoms with Crippen LogP contribution in [0, 0.1) is 6.92 Å². The molecule has 0 amide bonds. The van der Waals surface area contributed by atoms with Crippen molar-refractivity contribution in [3.8, 4) is 0 Å². The molecule has 0 saturated carbocycles. The molecule has 1 unspecified atom stereocenters. The number of hydrogen-bond donors (Lipinski definition) is 0. The van der Waals surface area contributed by atoms with Gasteiger partial charge in [0, 0.05) is 12.7 Å². The summed E-state index contributed by atoms with van der Waals surface area (Å²) in [5, 5.41) is 2.09. The van der Waals surface area contributed by atoms with Gasteiger partial charge in [0.2, 0.25) is 0 Å². The van der Waals surface area contributed by atoms with Crippen molar-refractivity contribution in [2.45, 2.75) is 19.4 Å². The van der Waals surface area contributed by atoms with Crippen molar-refractivity contribution < 1.29 is 14.3 Å². The molecule has 19 heavy (non-hydrogen) atoms. The minimum atomic E-state index is -1.10. The molecule has 0 bridgehead atoms. The summed E-state index contributed by atoms with van der Waals surface area (Å²) in [5.74, 6) is -0.394. The summed E-state index contributed by atoms with van der Waals surface area (Å²) in [6.45, 7) is 3.72. The molecule has 0 aliphatic heterocycles. The Morgan fingerprint density at radius 3 is 2.42 bits per heavy atom. The van der Waals surface area contributed by atoms with E-state index in [9.17, 15) is 4.79 Å². The number of rotatable bonds is 3. The SMILES string of the molecule is COC(=O)C(C)(OC)c1c(C)ccc2ccccc12. The highest BCUT2D eigenvalue weighted by molar-refractivity contribution is 5.93. The summed E-state index contributed by atoms with van der Waals surface area (Å²) in [4.78, 5) is 12.1. The number of benzene rings is 2. The first-order chi connectivity index (χ1) is 9.04. The third-order valence-corrected chi connectivity index (χ3v) is 3.60. The second-order valence-electron chi connectivity index (χ2n) is 4.71. The topological polar surface area (TPSA) is 35.5 Å². The largest absolute Gasteiger partial charge is 0.467 e. The molecule has 3 nitrogen and oxygen atoms in total. The fourth-order valence-electron chi connectivity index (χ4n) is 2.50. The summed E-state index contributed by atoms with van der Waals surface area (Å²) in [7, 11) is 2.90. The minimum Gasteiger partial charge on any atom is -0.467 e. The van der Waals surface area contributed by atoms with E-state index in [0.717, 1.165) is 21.9 Å². The number of esters is 1. The fourth-order valence-corrected chi connectivity index (χ4v) is 2.50. The number of ether oxygens (including phenoxy) is 2. The van der Waals surface area contributed by atoms with Crippen LogP contribution in [0.1, 0.15) is 18.1 Å². The van der Waals surface area contributed by atoms with Crippen LogP contribution >= 0.6 is 0 Å². The predicted molar refractivity (Wildman–Crippen MR) is 75.1 cm³/mol. The first-order valence-corrected chi connectivity index (χ1v) is 6.17. The molecule has 0 N–H and O–H groups in total. The van der Waals surface area contributed by atoms with Crippen LogP contribution in [-0.2, 0) is 19.9 Å². The normalized spacial score (nSPS) is 14.1. The van der Waals surface area contributed by atoms with Crippen molar-refractivity contribution in [1.29, 1.82) is 0 Å². The van der Waals surface area contributed by atoms with Gasteiger partial charge in [-0.2, -0.15) is 0 Å². The van der Waals surface area contributed by atoms with Crippen LogP contribution in [-0.4, -0.2) is 20.2 Å². The molecule has 100 valence electrons. The summed E-state index contributed by atoms with van der Waals surface area (Å²) in [6, 6.07) is 12.0. The molecule has 0 heterocycles.